The van der Waals surface area contributed by atoms with Crippen LogP contribution in [0.15, 0.2) is 17.0 Å². The normalized spacial score (nSPS) is 11.6. The molecular formula is C12H13ClF2O2S. The highest BCUT2D eigenvalue weighted by Gasteiger charge is 2.33. The topological polar surface area (TPSA) is 37.3 Å². The molecule has 0 atom stereocenters. The molecule has 0 saturated carbocycles. The molecule has 0 bridgehead atoms. The van der Waals surface area contributed by atoms with E-state index in [0.717, 1.165) is 6.07 Å². The van der Waals surface area contributed by atoms with E-state index >= 15 is 0 Å². The van der Waals surface area contributed by atoms with Crippen molar-refractivity contribution in [3.05, 3.63) is 28.8 Å². The summed E-state index contributed by atoms with van der Waals surface area (Å²) < 4.78 is 26.6. The monoisotopic (exact) mass is 294 g/mol. The van der Waals surface area contributed by atoms with Crippen molar-refractivity contribution in [1.29, 1.82) is 0 Å². The number of hydrogen-bond donors (Lipinski definition) is 1. The van der Waals surface area contributed by atoms with Crippen molar-refractivity contribution in [2.24, 2.45) is 0 Å². The predicted molar refractivity (Wildman–Crippen MR) is 68.9 cm³/mol. The van der Waals surface area contributed by atoms with Crippen LogP contribution in [0.25, 0.3) is 0 Å². The summed E-state index contributed by atoms with van der Waals surface area (Å²) in [4.78, 5) is 11.3. The summed E-state index contributed by atoms with van der Waals surface area (Å²) in [5.74, 6) is -0.551. The molecule has 2 nitrogen and oxygen atoms in total. The van der Waals surface area contributed by atoms with E-state index in [1.807, 2.05) is 6.92 Å². The van der Waals surface area contributed by atoms with Gasteiger partial charge in [0.1, 0.15) is 0 Å². The maximum absolute atomic E-state index is 13.3. The van der Waals surface area contributed by atoms with Crippen molar-refractivity contribution in [2.45, 2.75) is 30.5 Å². The lowest BCUT2D eigenvalue weighted by Gasteiger charge is -2.18. The molecule has 6 heteroatoms. The Kier molecular flexibility index (Phi) is 4.99. The van der Waals surface area contributed by atoms with E-state index in [2.05, 4.69) is 0 Å². The summed E-state index contributed by atoms with van der Waals surface area (Å²) in [5.41, 5.74) is 0.142. The third-order valence-electron chi connectivity index (χ3n) is 2.44. The molecule has 0 heterocycles. The van der Waals surface area contributed by atoms with Crippen molar-refractivity contribution < 1.29 is 18.7 Å². The van der Waals surface area contributed by atoms with E-state index < -0.39 is 11.4 Å². The van der Waals surface area contributed by atoms with Gasteiger partial charge in [-0.3, -0.25) is 0 Å². The maximum atomic E-state index is 13.3. The molecule has 0 aromatic heterocycles. The Morgan fingerprint density at radius 2 is 2.06 bits per heavy atom. The lowest BCUT2D eigenvalue weighted by molar-refractivity contribution is 0.0692. The number of thioether (sulfide) groups is 1. The first-order valence-corrected chi connectivity index (χ1v) is 6.78. The van der Waals surface area contributed by atoms with Crippen LogP contribution in [0.1, 0.15) is 35.3 Å². The molecule has 100 valence electrons. The van der Waals surface area contributed by atoms with E-state index in [4.69, 9.17) is 16.7 Å². The Hall–Kier alpha value is -0.810. The van der Waals surface area contributed by atoms with Crippen molar-refractivity contribution >= 4 is 29.3 Å². The smallest absolute Gasteiger partial charge is 0.349 e. The molecule has 0 unspecified atom stereocenters. The molecule has 1 N–H and O–H groups in total. The van der Waals surface area contributed by atoms with Gasteiger partial charge in [-0.15, -0.1) is 11.8 Å². The third-order valence-corrected chi connectivity index (χ3v) is 3.69. The number of benzene rings is 1. The molecule has 18 heavy (non-hydrogen) atoms. The molecule has 0 spiro atoms. The number of aromatic carboxylic acids is 1. The van der Waals surface area contributed by atoms with Gasteiger partial charge in [0, 0.05) is 4.90 Å². The fraction of sp³-hybridized carbons (Fsp3) is 0.417. The first-order valence-electron chi connectivity index (χ1n) is 5.42. The van der Waals surface area contributed by atoms with Gasteiger partial charge < -0.3 is 5.11 Å². The molecule has 0 radical (unpaired) electrons. The summed E-state index contributed by atoms with van der Waals surface area (Å²) in [6, 6.07) is 2.28. The standard InChI is InChI=1S/C12H13ClF2O2S/c1-3-7-8(11(16)17)5-6-9(12(13,14)15)10(7)18-4-2/h5-6H,3-4H2,1-2H3,(H,16,17). The van der Waals surface area contributed by atoms with Crippen LogP contribution in [0.5, 0.6) is 0 Å². The van der Waals surface area contributed by atoms with Crippen LogP contribution in [0.2, 0.25) is 0 Å². The average molecular weight is 295 g/mol. The molecular weight excluding hydrogens is 282 g/mol. The van der Waals surface area contributed by atoms with Crippen molar-refractivity contribution in [1.82, 2.24) is 0 Å². The quantitative estimate of drug-likeness (QED) is 0.648. The first-order chi connectivity index (χ1) is 8.32. The zero-order valence-electron chi connectivity index (χ0n) is 9.97. The number of carboxylic acid groups (broad SMARTS) is 1. The van der Waals surface area contributed by atoms with Gasteiger partial charge in [0.15, 0.2) is 0 Å². The van der Waals surface area contributed by atoms with Crippen LogP contribution in [0.3, 0.4) is 0 Å². The predicted octanol–water partition coefficient (Wildman–Crippen LogP) is 4.35. The number of carbonyl (C=O) groups is 1. The van der Waals surface area contributed by atoms with E-state index in [0.29, 0.717) is 17.7 Å². The van der Waals surface area contributed by atoms with Crippen molar-refractivity contribution in [3.63, 3.8) is 0 Å². The minimum absolute atomic E-state index is 0.0538. The number of halogens is 3. The largest absolute Gasteiger partial charge is 0.478 e. The number of hydrogen-bond acceptors (Lipinski definition) is 2. The van der Waals surface area contributed by atoms with E-state index in [1.165, 1.54) is 17.8 Å². The highest BCUT2D eigenvalue weighted by molar-refractivity contribution is 7.99. The van der Waals surface area contributed by atoms with Gasteiger partial charge >= 0.3 is 11.4 Å². The summed E-state index contributed by atoms with van der Waals surface area (Å²) in [7, 11) is 0. The molecule has 1 rings (SSSR count). The van der Waals surface area contributed by atoms with Crippen LogP contribution in [0, 0.1) is 0 Å². The summed E-state index contributed by atoms with van der Waals surface area (Å²) in [5, 5.41) is 5.57. The summed E-state index contributed by atoms with van der Waals surface area (Å²) >= 11 is 6.25. The van der Waals surface area contributed by atoms with Crippen LogP contribution >= 0.6 is 23.4 Å². The molecule has 1 aromatic rings. The maximum Gasteiger partial charge on any atom is 0.349 e. The lowest BCUT2D eigenvalue weighted by Crippen LogP contribution is -2.11. The Morgan fingerprint density at radius 3 is 2.44 bits per heavy atom. The van der Waals surface area contributed by atoms with E-state index in [9.17, 15) is 13.6 Å². The van der Waals surface area contributed by atoms with E-state index in [1.54, 1.807) is 6.92 Å². The highest BCUT2D eigenvalue weighted by Crippen LogP contribution is 2.41. The molecule has 0 fully saturated rings. The minimum atomic E-state index is -3.49. The second-order valence-corrected chi connectivity index (χ2v) is 5.31. The average Bonchev–Trinajstić information content (AvgIpc) is 2.27. The van der Waals surface area contributed by atoms with Crippen molar-refractivity contribution in [2.75, 3.05) is 5.75 Å². The Labute approximate surface area is 113 Å². The van der Waals surface area contributed by atoms with Gasteiger partial charge in [-0.1, -0.05) is 13.8 Å². The molecule has 0 amide bonds. The van der Waals surface area contributed by atoms with Crippen LogP contribution in [-0.4, -0.2) is 16.8 Å². The zero-order valence-corrected chi connectivity index (χ0v) is 11.5. The van der Waals surface area contributed by atoms with Crippen molar-refractivity contribution in [3.8, 4) is 0 Å². The first kappa shape index (κ1) is 15.2. The molecule has 0 aliphatic heterocycles. The molecule has 0 aliphatic rings. The third kappa shape index (κ3) is 3.14. The van der Waals surface area contributed by atoms with Crippen LogP contribution in [0.4, 0.5) is 8.78 Å². The van der Waals surface area contributed by atoms with E-state index in [-0.39, 0.29) is 16.0 Å². The van der Waals surface area contributed by atoms with Gasteiger partial charge in [-0.05, 0) is 41.5 Å². The zero-order chi connectivity index (χ0) is 13.9. The number of alkyl halides is 3. The Morgan fingerprint density at radius 1 is 1.44 bits per heavy atom. The Balaban J connectivity index is 3.53. The summed E-state index contributed by atoms with van der Waals surface area (Å²) in [6.07, 6.45) is 0.366. The molecule has 0 saturated heterocycles. The van der Waals surface area contributed by atoms with Gasteiger partial charge in [0.2, 0.25) is 0 Å². The SMILES string of the molecule is CCSc1c(C(F)(F)Cl)ccc(C(=O)O)c1CC. The van der Waals surface area contributed by atoms with Gasteiger partial charge in [-0.25, -0.2) is 4.79 Å². The second kappa shape index (κ2) is 5.89. The summed E-state index contributed by atoms with van der Waals surface area (Å²) in [6.45, 7) is 3.55. The minimum Gasteiger partial charge on any atom is -0.478 e. The van der Waals surface area contributed by atoms with Crippen LogP contribution in [-0.2, 0) is 11.8 Å². The van der Waals surface area contributed by atoms with Gasteiger partial charge in [-0.2, -0.15) is 8.78 Å². The second-order valence-electron chi connectivity index (χ2n) is 3.56. The highest BCUT2D eigenvalue weighted by atomic mass is 35.5. The lowest BCUT2D eigenvalue weighted by atomic mass is 10.0. The van der Waals surface area contributed by atoms with Crippen LogP contribution < -0.4 is 0 Å². The van der Waals surface area contributed by atoms with Gasteiger partial charge in [0.25, 0.3) is 0 Å². The fourth-order valence-electron chi connectivity index (χ4n) is 1.71. The number of rotatable bonds is 5. The number of carboxylic acids is 1. The fourth-order valence-corrected chi connectivity index (χ4v) is 2.99. The Bertz CT molecular complexity index is 458. The molecule has 0 aliphatic carbocycles. The molecule has 1 aromatic carbocycles. The van der Waals surface area contributed by atoms with Gasteiger partial charge in [0.05, 0.1) is 11.1 Å².